The SMILES string of the molecule is C=CCOC(=O)[C@H](Cc1ccc(OC(=O)NCC[C@H](NC(=O)OC(C)(C)C)C(=O)CCC(=O)N[C@@H](CSC(c2ccccc2)(c2ccccc2)c2ccccc2)C(N)=O)cc1)NC(=O)OC(C)(C)C. The summed E-state index contributed by atoms with van der Waals surface area (Å²) in [5.41, 5.74) is 7.64. The summed E-state index contributed by atoms with van der Waals surface area (Å²) in [7, 11) is 0. The first-order valence-electron chi connectivity index (χ1n) is 22.4. The number of amides is 5. The second-order valence-electron chi connectivity index (χ2n) is 17.8. The summed E-state index contributed by atoms with van der Waals surface area (Å²) >= 11 is 1.44. The Morgan fingerprint density at radius 2 is 1.13 bits per heavy atom. The van der Waals surface area contributed by atoms with Crippen molar-refractivity contribution in [3.05, 3.63) is 150 Å². The van der Waals surface area contributed by atoms with E-state index in [0.717, 1.165) is 16.7 Å². The van der Waals surface area contributed by atoms with Crippen LogP contribution in [0.5, 0.6) is 5.75 Å². The van der Waals surface area contributed by atoms with E-state index in [1.807, 2.05) is 91.0 Å². The molecule has 3 atom stereocenters. The fraction of sp³-hybridized carbons (Fsp3) is 0.365. The first kappa shape index (κ1) is 54.5. The molecular weight excluding hydrogens is 903 g/mol. The van der Waals surface area contributed by atoms with Crippen molar-refractivity contribution in [1.82, 2.24) is 21.3 Å². The van der Waals surface area contributed by atoms with Crippen LogP contribution in [0.15, 0.2) is 128 Å². The van der Waals surface area contributed by atoms with Crippen LogP contribution in [-0.2, 0) is 44.6 Å². The molecule has 0 heterocycles. The number of alkyl carbamates (subject to hydrolysis) is 2. The number of nitrogens with one attached hydrogen (secondary N) is 4. The number of thioether (sulfide) groups is 1. The fourth-order valence-corrected chi connectivity index (χ4v) is 8.46. The molecule has 5 amide bonds. The molecule has 4 rings (SSSR count). The molecule has 17 heteroatoms. The van der Waals surface area contributed by atoms with Crippen molar-refractivity contribution >= 4 is 53.6 Å². The van der Waals surface area contributed by atoms with Crippen molar-refractivity contribution in [3.8, 4) is 5.75 Å². The standard InChI is InChI=1S/C52H63N5O11S/c1-8-32-65-46(61)41(57-49(64)68-51(5,6)7)33-35-24-26-39(27-25-35)66-47(62)54-31-30-40(56-48(63)67-50(2,3)4)43(58)28-29-44(59)55-42(45(53)60)34-69-52(36-18-12-9-13-19-36,37-20-14-10-15-21-37)38-22-16-11-17-23-38/h8-27,40-42H,1,28-34H2,2-7H3,(H2,53,60)(H,54,62)(H,55,59)(H,56,63)(H,57,64)/t40-,41-,42-/m0/s1. The van der Waals surface area contributed by atoms with E-state index in [1.54, 1.807) is 53.7 Å². The zero-order valence-electron chi connectivity index (χ0n) is 39.9. The molecule has 0 saturated carbocycles. The summed E-state index contributed by atoms with van der Waals surface area (Å²) in [5.74, 6) is -2.36. The van der Waals surface area contributed by atoms with Crippen LogP contribution >= 0.6 is 11.8 Å². The van der Waals surface area contributed by atoms with Gasteiger partial charge in [0.15, 0.2) is 5.78 Å². The van der Waals surface area contributed by atoms with Crippen molar-refractivity contribution in [2.24, 2.45) is 5.73 Å². The number of rotatable bonds is 23. The lowest BCUT2D eigenvalue weighted by molar-refractivity contribution is -0.145. The summed E-state index contributed by atoms with van der Waals surface area (Å²) in [6, 6.07) is 32.3. The van der Waals surface area contributed by atoms with Crippen LogP contribution < -0.4 is 31.7 Å². The highest BCUT2D eigenvalue weighted by atomic mass is 32.2. The third-order valence-electron chi connectivity index (χ3n) is 9.96. The maximum atomic E-state index is 13.6. The van der Waals surface area contributed by atoms with Crippen LogP contribution in [0.1, 0.15) is 83.1 Å². The zero-order chi connectivity index (χ0) is 50.6. The van der Waals surface area contributed by atoms with Crippen LogP contribution in [0.25, 0.3) is 0 Å². The summed E-state index contributed by atoms with van der Waals surface area (Å²) in [6.07, 6.45) is -1.87. The predicted octanol–water partition coefficient (Wildman–Crippen LogP) is 7.27. The van der Waals surface area contributed by atoms with Gasteiger partial charge < -0.3 is 45.9 Å². The third kappa shape index (κ3) is 18.1. The highest BCUT2D eigenvalue weighted by Crippen LogP contribution is 2.48. The fourth-order valence-electron chi connectivity index (χ4n) is 6.89. The van der Waals surface area contributed by atoms with Gasteiger partial charge in [0.25, 0.3) is 0 Å². The Hall–Kier alpha value is -7.14. The van der Waals surface area contributed by atoms with Crippen LogP contribution in [0.3, 0.4) is 0 Å². The number of benzene rings is 4. The Kier molecular flexibility index (Phi) is 20.4. The zero-order valence-corrected chi connectivity index (χ0v) is 40.7. The number of nitrogens with two attached hydrogens (primary N) is 1. The normalized spacial score (nSPS) is 12.7. The van der Waals surface area contributed by atoms with E-state index in [4.69, 9.17) is 24.7 Å². The molecule has 16 nitrogen and oxygen atoms in total. The highest BCUT2D eigenvalue weighted by Gasteiger charge is 2.38. The minimum atomic E-state index is -1.18. The first-order chi connectivity index (χ1) is 32.7. The Morgan fingerprint density at radius 3 is 1.59 bits per heavy atom. The van der Waals surface area contributed by atoms with E-state index < -0.39 is 75.9 Å². The number of ether oxygens (including phenoxy) is 4. The predicted molar refractivity (Wildman–Crippen MR) is 263 cm³/mol. The Bertz CT molecular complexity index is 2260. The molecule has 0 saturated heterocycles. The maximum Gasteiger partial charge on any atom is 0.412 e. The average molecular weight is 966 g/mol. The van der Waals surface area contributed by atoms with E-state index in [9.17, 15) is 33.6 Å². The molecule has 69 heavy (non-hydrogen) atoms. The van der Waals surface area contributed by atoms with E-state index in [2.05, 4.69) is 27.8 Å². The van der Waals surface area contributed by atoms with Crippen molar-refractivity contribution in [3.63, 3.8) is 0 Å². The number of carbonyl (C=O) groups excluding carboxylic acids is 7. The smallest absolute Gasteiger partial charge is 0.412 e. The molecule has 0 unspecified atom stereocenters. The molecule has 4 aromatic rings. The first-order valence-corrected chi connectivity index (χ1v) is 23.4. The quantitative estimate of drug-likeness (QED) is 0.0214. The number of Topliss-reactive ketones (excluding diaryl/α,β-unsaturated/α-hetero) is 1. The minimum Gasteiger partial charge on any atom is -0.460 e. The van der Waals surface area contributed by atoms with Gasteiger partial charge in [-0.2, -0.15) is 0 Å². The van der Waals surface area contributed by atoms with Gasteiger partial charge in [-0.05, 0) is 82.3 Å². The molecule has 0 aliphatic heterocycles. The number of esters is 1. The van der Waals surface area contributed by atoms with Gasteiger partial charge >= 0.3 is 24.2 Å². The van der Waals surface area contributed by atoms with Crippen LogP contribution in [0.4, 0.5) is 14.4 Å². The number of carbonyl (C=O) groups is 7. The largest absolute Gasteiger partial charge is 0.460 e. The number of hydrogen-bond donors (Lipinski definition) is 5. The lowest BCUT2D eigenvalue weighted by Gasteiger charge is -2.36. The molecule has 4 aromatic carbocycles. The van der Waals surface area contributed by atoms with Gasteiger partial charge in [0, 0.05) is 31.6 Å². The molecule has 0 spiro atoms. The van der Waals surface area contributed by atoms with E-state index in [0.29, 0.717) is 5.56 Å². The van der Waals surface area contributed by atoms with Gasteiger partial charge in [0.2, 0.25) is 11.8 Å². The van der Waals surface area contributed by atoms with Crippen LogP contribution in [0.2, 0.25) is 0 Å². The number of hydrogen-bond acceptors (Lipinski definition) is 12. The summed E-state index contributed by atoms with van der Waals surface area (Å²) in [4.78, 5) is 90.8. The summed E-state index contributed by atoms with van der Waals surface area (Å²) in [5, 5.41) is 10.3. The van der Waals surface area contributed by atoms with Crippen LogP contribution in [0, 0.1) is 0 Å². The number of primary amides is 1. The van der Waals surface area contributed by atoms with Crippen molar-refractivity contribution in [2.45, 2.75) is 101 Å². The second-order valence-corrected chi connectivity index (χ2v) is 19.1. The second kappa shape index (κ2) is 25.8. The lowest BCUT2D eigenvalue weighted by atomic mass is 9.84. The van der Waals surface area contributed by atoms with Gasteiger partial charge in [-0.25, -0.2) is 19.2 Å². The Balaban J connectivity index is 1.38. The van der Waals surface area contributed by atoms with E-state index in [1.165, 1.54) is 30.0 Å². The van der Waals surface area contributed by atoms with Gasteiger partial charge in [-0.3, -0.25) is 14.4 Å². The topological polar surface area (TPSA) is 231 Å². The number of ketones is 1. The summed E-state index contributed by atoms with van der Waals surface area (Å²) in [6.45, 7) is 13.4. The molecule has 0 radical (unpaired) electrons. The molecule has 0 bridgehead atoms. The minimum absolute atomic E-state index is 0.0348. The Morgan fingerprint density at radius 1 is 0.638 bits per heavy atom. The van der Waals surface area contributed by atoms with Gasteiger partial charge in [-0.1, -0.05) is 116 Å². The highest BCUT2D eigenvalue weighted by molar-refractivity contribution is 8.00. The molecule has 0 aromatic heterocycles. The van der Waals surface area contributed by atoms with Gasteiger partial charge in [0.1, 0.15) is 35.6 Å². The molecule has 0 fully saturated rings. The van der Waals surface area contributed by atoms with Crippen LogP contribution in [-0.4, -0.2) is 90.1 Å². The monoisotopic (exact) mass is 965 g/mol. The van der Waals surface area contributed by atoms with E-state index in [-0.39, 0.29) is 50.3 Å². The van der Waals surface area contributed by atoms with Crippen molar-refractivity contribution in [1.29, 1.82) is 0 Å². The lowest BCUT2D eigenvalue weighted by Crippen LogP contribution is -2.48. The molecular formula is C52H63N5O11S. The average Bonchev–Trinajstić information content (AvgIpc) is 3.29. The van der Waals surface area contributed by atoms with Crippen molar-refractivity contribution < 1.29 is 52.5 Å². The molecule has 6 N–H and O–H groups in total. The molecule has 0 aliphatic carbocycles. The Labute approximate surface area is 407 Å². The van der Waals surface area contributed by atoms with Gasteiger partial charge in [-0.15, -0.1) is 11.8 Å². The van der Waals surface area contributed by atoms with E-state index >= 15 is 0 Å². The summed E-state index contributed by atoms with van der Waals surface area (Å²) < 4.78 is 20.4. The molecule has 368 valence electrons. The van der Waals surface area contributed by atoms with Crippen molar-refractivity contribution in [2.75, 3.05) is 18.9 Å². The molecule has 0 aliphatic rings. The third-order valence-corrected chi connectivity index (χ3v) is 11.6. The maximum absolute atomic E-state index is 13.6. The van der Waals surface area contributed by atoms with Gasteiger partial charge in [0.05, 0.1) is 10.8 Å².